The van der Waals surface area contributed by atoms with E-state index in [2.05, 4.69) is 64.2 Å². The highest BCUT2D eigenvalue weighted by Gasteiger charge is 2.39. The van der Waals surface area contributed by atoms with E-state index in [1.807, 2.05) is 0 Å². The molecule has 1 atom stereocenters. The van der Waals surface area contributed by atoms with Crippen LogP contribution in [0.1, 0.15) is 58.2 Å². The smallest absolute Gasteiger partial charge is 0.109 e. The normalized spacial score (nSPS) is 25.4. The van der Waals surface area contributed by atoms with Gasteiger partial charge in [0.05, 0.1) is 5.54 Å². The molecule has 0 aliphatic carbocycles. The van der Waals surface area contributed by atoms with E-state index in [4.69, 9.17) is 0 Å². The van der Waals surface area contributed by atoms with Crippen LogP contribution in [0, 0.1) is 0 Å². The zero-order chi connectivity index (χ0) is 12.0. The molecule has 0 amide bonds. The van der Waals surface area contributed by atoms with Crippen molar-refractivity contribution in [3.8, 4) is 0 Å². The van der Waals surface area contributed by atoms with E-state index < -0.39 is 0 Å². The predicted octanol–water partition coefficient (Wildman–Crippen LogP) is -0.225. The van der Waals surface area contributed by atoms with E-state index in [-0.39, 0.29) is 17.8 Å². The molecular formula is C15H24ClN. The quantitative estimate of drug-likeness (QED) is 0.658. The highest BCUT2D eigenvalue weighted by molar-refractivity contribution is 5.35. The van der Waals surface area contributed by atoms with Crippen LogP contribution in [0.25, 0.3) is 0 Å². The average molecular weight is 254 g/mol. The van der Waals surface area contributed by atoms with Crippen LogP contribution in [0.15, 0.2) is 24.3 Å². The number of halogens is 1. The summed E-state index contributed by atoms with van der Waals surface area (Å²) in [7, 11) is 0. The average Bonchev–Trinajstić information content (AvgIpc) is 2.20. The molecule has 1 heterocycles. The first-order chi connectivity index (χ1) is 7.32. The van der Waals surface area contributed by atoms with Gasteiger partial charge in [-0.15, -0.1) is 0 Å². The third-order valence-electron chi connectivity index (χ3n) is 3.78. The van der Waals surface area contributed by atoms with Gasteiger partial charge in [0.25, 0.3) is 0 Å². The van der Waals surface area contributed by atoms with Gasteiger partial charge in [-0.1, -0.05) is 38.1 Å². The van der Waals surface area contributed by atoms with Gasteiger partial charge < -0.3 is 17.7 Å². The third-order valence-corrected chi connectivity index (χ3v) is 3.78. The molecule has 0 aromatic heterocycles. The fraction of sp³-hybridized carbons (Fsp3) is 0.600. The maximum absolute atomic E-state index is 2.51. The molecule has 96 valence electrons. The van der Waals surface area contributed by atoms with Gasteiger partial charge in [-0.25, -0.2) is 0 Å². The molecule has 1 aromatic carbocycles. The van der Waals surface area contributed by atoms with Crippen LogP contribution in [-0.2, 0) is 5.41 Å². The van der Waals surface area contributed by atoms with E-state index in [0.717, 1.165) is 0 Å². The summed E-state index contributed by atoms with van der Waals surface area (Å²) in [6.45, 7) is 11.8. The summed E-state index contributed by atoms with van der Waals surface area (Å²) in [5, 5.41) is 2.51. The Hall–Kier alpha value is -0.530. The number of quaternary nitrogens is 1. The Morgan fingerprint density at radius 3 is 2.35 bits per heavy atom. The minimum atomic E-state index is 0. The Morgan fingerprint density at radius 1 is 1.12 bits per heavy atom. The van der Waals surface area contributed by atoms with Crippen LogP contribution in [0.4, 0.5) is 0 Å². The van der Waals surface area contributed by atoms with Crippen molar-refractivity contribution >= 4 is 0 Å². The zero-order valence-electron chi connectivity index (χ0n) is 11.5. The first kappa shape index (κ1) is 14.5. The summed E-state index contributed by atoms with van der Waals surface area (Å²) in [5.74, 6) is 0. The van der Waals surface area contributed by atoms with Crippen molar-refractivity contribution in [2.75, 3.05) is 0 Å². The van der Waals surface area contributed by atoms with Crippen LogP contribution >= 0.6 is 0 Å². The minimum Gasteiger partial charge on any atom is -1.00 e. The van der Waals surface area contributed by atoms with Crippen molar-refractivity contribution in [2.45, 2.75) is 58.0 Å². The Kier molecular flexibility index (Phi) is 3.95. The fourth-order valence-electron chi connectivity index (χ4n) is 3.57. The van der Waals surface area contributed by atoms with Crippen molar-refractivity contribution in [3.05, 3.63) is 35.4 Å². The second kappa shape index (κ2) is 4.62. The Bertz CT molecular complexity index is 396. The van der Waals surface area contributed by atoms with Crippen LogP contribution in [0.5, 0.6) is 0 Å². The molecule has 0 saturated heterocycles. The first-order valence-electron chi connectivity index (χ1n) is 6.27. The standard InChI is InChI=1S/C15H23N.ClH/c1-11-12-8-6-7-9-13(12)14(2,3)10-15(4,5)16-11;/h6-9,11,16H,10H2,1-5H3;1H. The number of hydrogen-bond acceptors (Lipinski definition) is 0. The maximum atomic E-state index is 2.51. The summed E-state index contributed by atoms with van der Waals surface area (Å²) in [4.78, 5) is 0. The lowest BCUT2D eigenvalue weighted by Crippen LogP contribution is -3.00. The zero-order valence-corrected chi connectivity index (χ0v) is 12.3. The molecule has 1 aliphatic rings. The van der Waals surface area contributed by atoms with Gasteiger partial charge in [0.15, 0.2) is 0 Å². The molecule has 2 rings (SSSR count). The highest BCUT2D eigenvalue weighted by atomic mass is 35.5. The van der Waals surface area contributed by atoms with Gasteiger partial charge in [-0.3, -0.25) is 0 Å². The van der Waals surface area contributed by atoms with Crippen LogP contribution in [0.2, 0.25) is 0 Å². The van der Waals surface area contributed by atoms with Crippen molar-refractivity contribution in [3.63, 3.8) is 0 Å². The highest BCUT2D eigenvalue weighted by Crippen LogP contribution is 2.37. The fourth-order valence-corrected chi connectivity index (χ4v) is 3.57. The van der Waals surface area contributed by atoms with E-state index in [1.54, 1.807) is 0 Å². The third kappa shape index (κ3) is 2.83. The van der Waals surface area contributed by atoms with Gasteiger partial charge in [-0.2, -0.15) is 0 Å². The Morgan fingerprint density at radius 2 is 1.71 bits per heavy atom. The molecule has 1 aliphatic heterocycles. The molecule has 2 N–H and O–H groups in total. The molecule has 1 unspecified atom stereocenters. The number of fused-ring (bicyclic) bond motifs is 1. The number of rotatable bonds is 0. The molecule has 0 spiro atoms. The first-order valence-corrected chi connectivity index (χ1v) is 6.27. The van der Waals surface area contributed by atoms with Gasteiger partial charge in [0.1, 0.15) is 6.04 Å². The minimum absolute atomic E-state index is 0. The SMILES string of the molecule is CC1[NH2+]C(C)(C)CC(C)(C)c2ccccc21.[Cl-]. The second-order valence-electron chi connectivity index (χ2n) is 6.59. The molecule has 0 radical (unpaired) electrons. The van der Waals surface area contributed by atoms with Gasteiger partial charge in [-0.05, 0) is 31.7 Å². The molecular weight excluding hydrogens is 230 g/mol. The lowest BCUT2D eigenvalue weighted by atomic mass is 9.75. The van der Waals surface area contributed by atoms with E-state index in [9.17, 15) is 0 Å². The van der Waals surface area contributed by atoms with Gasteiger partial charge in [0.2, 0.25) is 0 Å². The molecule has 1 aromatic rings. The molecule has 1 nitrogen and oxygen atoms in total. The van der Waals surface area contributed by atoms with Crippen molar-refractivity contribution in [1.29, 1.82) is 0 Å². The van der Waals surface area contributed by atoms with Crippen LogP contribution in [0.3, 0.4) is 0 Å². The lowest BCUT2D eigenvalue weighted by Gasteiger charge is -2.30. The molecule has 0 saturated carbocycles. The molecule has 17 heavy (non-hydrogen) atoms. The summed E-state index contributed by atoms with van der Waals surface area (Å²) in [6, 6.07) is 9.50. The predicted molar refractivity (Wildman–Crippen MR) is 68.5 cm³/mol. The van der Waals surface area contributed by atoms with Crippen molar-refractivity contribution < 1.29 is 17.7 Å². The van der Waals surface area contributed by atoms with Crippen molar-refractivity contribution in [2.24, 2.45) is 0 Å². The van der Waals surface area contributed by atoms with Gasteiger partial charge in [0, 0.05) is 12.0 Å². The van der Waals surface area contributed by atoms with E-state index in [0.29, 0.717) is 11.6 Å². The molecule has 2 heteroatoms. The van der Waals surface area contributed by atoms with Gasteiger partial charge >= 0.3 is 0 Å². The summed E-state index contributed by atoms with van der Waals surface area (Å²) >= 11 is 0. The van der Waals surface area contributed by atoms with Crippen LogP contribution < -0.4 is 17.7 Å². The Labute approximate surface area is 111 Å². The summed E-state index contributed by atoms with van der Waals surface area (Å²) < 4.78 is 0. The Balaban J connectivity index is 0.00000144. The monoisotopic (exact) mass is 253 g/mol. The maximum Gasteiger partial charge on any atom is 0.109 e. The van der Waals surface area contributed by atoms with E-state index in [1.165, 1.54) is 17.5 Å². The number of nitrogens with two attached hydrogens (primary N) is 1. The lowest BCUT2D eigenvalue weighted by molar-refractivity contribution is -0.754. The molecule has 0 fully saturated rings. The molecule has 0 bridgehead atoms. The van der Waals surface area contributed by atoms with Crippen LogP contribution in [-0.4, -0.2) is 5.54 Å². The second-order valence-corrected chi connectivity index (χ2v) is 6.59. The summed E-state index contributed by atoms with van der Waals surface area (Å²) in [6.07, 6.45) is 1.22. The van der Waals surface area contributed by atoms with E-state index >= 15 is 0 Å². The topological polar surface area (TPSA) is 16.6 Å². The number of benzene rings is 1. The number of hydrogen-bond donors (Lipinski definition) is 1. The largest absolute Gasteiger partial charge is 1.00 e. The van der Waals surface area contributed by atoms with Crippen molar-refractivity contribution in [1.82, 2.24) is 0 Å². The summed E-state index contributed by atoms with van der Waals surface area (Å²) in [5.41, 5.74) is 3.64.